The largest absolute Gasteiger partial charge is 0.481 e. The molecule has 0 aromatic heterocycles. The van der Waals surface area contributed by atoms with Gasteiger partial charge >= 0.3 is 17.9 Å². The second-order valence-electron chi connectivity index (χ2n) is 21.9. The van der Waals surface area contributed by atoms with E-state index in [1.54, 1.807) is 19.1 Å². The quantitative estimate of drug-likeness (QED) is 0.0178. The predicted octanol–water partition coefficient (Wildman–Crippen LogP) is 0.870. The van der Waals surface area contributed by atoms with Crippen molar-refractivity contribution in [3.8, 4) is 0 Å². The molecule has 0 bridgehead atoms. The molecule has 0 aromatic carbocycles. The van der Waals surface area contributed by atoms with E-state index in [2.05, 4.69) is 31.9 Å². The lowest BCUT2D eigenvalue weighted by Crippen LogP contribution is -2.69. The number of nitrogens with one attached hydrogen (secondary N) is 6. The lowest BCUT2D eigenvalue weighted by atomic mass is 9.45. The number of esters is 1. The van der Waals surface area contributed by atoms with Crippen LogP contribution in [0, 0.1) is 28.6 Å². The van der Waals surface area contributed by atoms with Gasteiger partial charge in [0.2, 0.25) is 41.2 Å². The zero-order valence-corrected chi connectivity index (χ0v) is 50.4. The highest BCUT2D eigenvalue weighted by atomic mass is 35.5. The van der Waals surface area contributed by atoms with Gasteiger partial charge in [0.25, 0.3) is 0 Å². The number of aliphatic hydroxyl groups excluding tert-OH is 1. The van der Waals surface area contributed by atoms with Gasteiger partial charge in [-0.25, -0.2) is 0 Å². The zero-order chi connectivity index (χ0) is 62.3. The number of Topliss-reactive ketones (excluding diaryl/α,β-unsaturated/α-hetero) is 1. The van der Waals surface area contributed by atoms with Crippen LogP contribution in [0.25, 0.3) is 0 Å². The number of carbonyl (C=O) groups excluding carboxylic acids is 9. The number of carbonyl (C=O) groups is 11. The van der Waals surface area contributed by atoms with Crippen LogP contribution in [0.3, 0.4) is 0 Å². The molecule has 0 aromatic rings. The monoisotopic (exact) mass is 1230 g/mol. The number of thioether (sulfide) groups is 1. The van der Waals surface area contributed by atoms with Crippen LogP contribution in [0.2, 0.25) is 0 Å². The maximum atomic E-state index is 14.5. The van der Waals surface area contributed by atoms with E-state index in [9.17, 15) is 63.0 Å². The smallest absolute Gasteiger partial charge is 0.306 e. The molecule has 10 atom stereocenters. The van der Waals surface area contributed by atoms with Crippen molar-refractivity contribution in [2.75, 3.05) is 92.4 Å². The molecule has 0 aliphatic heterocycles. The molecule has 26 nitrogen and oxygen atoms in total. The summed E-state index contributed by atoms with van der Waals surface area (Å²) in [6, 6.07) is -1.40. The fraction of sp³-hybridized carbons (Fsp3) is 0.732. The third-order valence-corrected chi connectivity index (χ3v) is 18.0. The number of alkyl halides is 1. The minimum atomic E-state index is -1.73. The molecule has 3 saturated carbocycles. The summed E-state index contributed by atoms with van der Waals surface area (Å²) in [5.74, 6) is -8.53. The Morgan fingerprint density at radius 3 is 2.00 bits per heavy atom. The summed E-state index contributed by atoms with van der Waals surface area (Å²) in [5.41, 5.74) is -2.82. The van der Waals surface area contributed by atoms with Crippen molar-refractivity contribution in [3.05, 3.63) is 23.8 Å². The van der Waals surface area contributed by atoms with Gasteiger partial charge in [0.15, 0.2) is 11.4 Å². The maximum absolute atomic E-state index is 14.5. The number of rotatable bonds is 39. The Labute approximate surface area is 498 Å². The molecule has 84 heavy (non-hydrogen) atoms. The number of carboxylic acid groups (broad SMARTS) is 2. The Bertz CT molecular complexity index is 2410. The van der Waals surface area contributed by atoms with Gasteiger partial charge in [-0.05, 0) is 61.3 Å². The fourth-order valence-corrected chi connectivity index (χ4v) is 13.4. The Morgan fingerprint density at radius 1 is 0.738 bits per heavy atom. The van der Waals surface area contributed by atoms with E-state index in [0.29, 0.717) is 19.3 Å². The molecule has 0 radical (unpaired) electrons. The number of amides is 6. The minimum Gasteiger partial charge on any atom is -0.481 e. The Hall–Kier alpha value is -5.55. The molecule has 2 unspecified atom stereocenters. The average molecular weight is 1230 g/mol. The molecule has 0 heterocycles. The summed E-state index contributed by atoms with van der Waals surface area (Å²) in [7, 11) is 0. The number of aliphatic hydroxyl groups is 1. The number of ketones is 2. The van der Waals surface area contributed by atoms with Crippen LogP contribution < -0.4 is 31.9 Å². The Kier molecular flexibility index (Phi) is 28.7. The fourth-order valence-electron chi connectivity index (χ4n) is 11.8. The van der Waals surface area contributed by atoms with Crippen molar-refractivity contribution in [3.63, 3.8) is 0 Å². The van der Waals surface area contributed by atoms with Crippen molar-refractivity contribution in [2.45, 2.75) is 139 Å². The molecule has 472 valence electrons. The molecular weight excluding hydrogens is 1140 g/mol. The Morgan fingerprint density at radius 2 is 1.37 bits per heavy atom. The zero-order valence-electron chi connectivity index (χ0n) is 48.8. The standard InChI is InChI=1S/C56H85ClN6O20S/c1-7-50(75)83-56(35(4)26-39-38-9-8-36-27-37(64)12-15-53(36,5)55(38,57)42(65)29-54(39,56)6)43(66)32-82-33-62-46(69)30-61-51(76)40(10-11-48(71)72)63-47(70)31-60-45(68)14-18-78-20-22-80-24-25-81-23-21-79-19-17-58-44(67)13-16-59-52(77)41(28-49(73)74)84-34(2)3/h12,15,27,34-35,38-42,65H,7-11,13-14,16-26,28-33H2,1-6H3,(H,58,67)(H,59,77)(H,60,68)(H,61,76)(H,62,69)(H,63,70)(H,71,72)(H,73,74)/t35-,38-,39?,40-,41?,42-,53-,54-,55-,56-/m0/s1. The van der Waals surface area contributed by atoms with Gasteiger partial charge in [-0.1, -0.05) is 53.2 Å². The lowest BCUT2D eigenvalue weighted by molar-refractivity contribution is -0.203. The highest BCUT2D eigenvalue weighted by Gasteiger charge is 2.76. The van der Waals surface area contributed by atoms with E-state index in [4.69, 9.17) is 45.1 Å². The molecule has 4 aliphatic carbocycles. The van der Waals surface area contributed by atoms with Gasteiger partial charge < -0.3 is 75.6 Å². The molecule has 6 amide bonds. The van der Waals surface area contributed by atoms with Gasteiger partial charge in [0, 0.05) is 55.5 Å². The number of carboxylic acids is 2. The summed E-state index contributed by atoms with van der Waals surface area (Å²) < 4.78 is 33.5. The van der Waals surface area contributed by atoms with E-state index in [1.165, 1.54) is 17.8 Å². The second-order valence-corrected chi connectivity index (χ2v) is 24.3. The number of halogens is 1. The molecule has 4 rings (SSSR count). The van der Waals surface area contributed by atoms with Crippen LogP contribution in [-0.4, -0.2) is 206 Å². The first-order chi connectivity index (χ1) is 39.7. The van der Waals surface area contributed by atoms with Crippen LogP contribution in [0.1, 0.15) is 106 Å². The topological polar surface area (TPSA) is 376 Å². The molecule has 28 heteroatoms. The SMILES string of the molecule is CCC(=O)O[C@]1(C(=O)COCNC(=O)CNC(=O)[C@H](CCC(=O)O)NC(=O)CNC(=O)CCOCCOCCOCCOCCNC(=O)CCNC(=O)C(CC(=O)O)SC(C)C)[C@@H](C)CC2[C@@H]3CCC4=CC(=O)C=C[C@]4(C)[C@@]3(Cl)[C@@H](O)C[C@@]21C. The number of hydrogen-bond acceptors (Lipinski definition) is 19. The first kappa shape index (κ1) is 70.9. The number of fused-ring (bicyclic) bond motifs is 5. The van der Waals surface area contributed by atoms with Crippen molar-refractivity contribution >= 4 is 88.3 Å². The molecule has 0 spiro atoms. The predicted molar refractivity (Wildman–Crippen MR) is 303 cm³/mol. The summed E-state index contributed by atoms with van der Waals surface area (Å²) in [6.45, 7) is 10.6. The van der Waals surface area contributed by atoms with Crippen LogP contribution in [0.5, 0.6) is 0 Å². The molecule has 0 saturated heterocycles. The minimum absolute atomic E-state index is 0.000448. The number of aliphatic carboxylic acids is 2. The average Bonchev–Trinajstić information content (AvgIpc) is 1.34. The van der Waals surface area contributed by atoms with E-state index in [-0.39, 0.29) is 133 Å². The first-order valence-corrected chi connectivity index (χ1v) is 29.8. The van der Waals surface area contributed by atoms with Crippen LogP contribution in [0.4, 0.5) is 0 Å². The van der Waals surface area contributed by atoms with E-state index < -0.39 is 131 Å². The van der Waals surface area contributed by atoms with Gasteiger partial charge in [-0.15, -0.1) is 23.4 Å². The second kappa shape index (κ2) is 34.0. The molecule has 4 aliphatic rings. The van der Waals surface area contributed by atoms with E-state index in [1.807, 2.05) is 34.6 Å². The van der Waals surface area contributed by atoms with E-state index in [0.717, 1.165) is 5.57 Å². The van der Waals surface area contributed by atoms with Crippen LogP contribution in [0.15, 0.2) is 23.8 Å². The molecule has 9 N–H and O–H groups in total. The highest BCUT2D eigenvalue weighted by Crippen LogP contribution is 2.72. The first-order valence-electron chi connectivity index (χ1n) is 28.4. The maximum Gasteiger partial charge on any atom is 0.306 e. The summed E-state index contributed by atoms with van der Waals surface area (Å²) in [4.78, 5) is 137. The van der Waals surface area contributed by atoms with Gasteiger partial charge in [0.1, 0.15) is 19.4 Å². The highest BCUT2D eigenvalue weighted by molar-refractivity contribution is 8.01. The van der Waals surface area contributed by atoms with Crippen LogP contribution in [-0.2, 0) is 81.2 Å². The van der Waals surface area contributed by atoms with Crippen molar-refractivity contribution in [1.29, 1.82) is 0 Å². The summed E-state index contributed by atoms with van der Waals surface area (Å²) >= 11 is 8.84. The molecular formula is C56H85ClN6O20S. The number of ether oxygens (including phenoxy) is 6. The number of hydrogen-bond donors (Lipinski definition) is 9. The third kappa shape index (κ3) is 19.5. The van der Waals surface area contributed by atoms with Crippen molar-refractivity contribution < 1.29 is 96.5 Å². The van der Waals surface area contributed by atoms with Crippen molar-refractivity contribution in [2.24, 2.45) is 28.6 Å². The van der Waals surface area contributed by atoms with Crippen molar-refractivity contribution in [1.82, 2.24) is 31.9 Å². The number of allylic oxidation sites excluding steroid dienone is 4. The van der Waals surface area contributed by atoms with Gasteiger partial charge in [-0.3, -0.25) is 52.7 Å². The normalized spacial score (nSPS) is 25.6. The lowest BCUT2D eigenvalue weighted by Gasteiger charge is -2.64. The third-order valence-electron chi connectivity index (χ3n) is 15.8. The molecule has 3 fully saturated rings. The summed E-state index contributed by atoms with van der Waals surface area (Å²) in [6.07, 6.45) is 3.91. The van der Waals surface area contributed by atoms with E-state index >= 15 is 0 Å². The van der Waals surface area contributed by atoms with Crippen LogP contribution >= 0.6 is 23.4 Å². The summed E-state index contributed by atoms with van der Waals surface area (Å²) in [5, 5.41) is 44.5. The van der Waals surface area contributed by atoms with Gasteiger partial charge in [0.05, 0.1) is 88.6 Å². The Balaban J connectivity index is 1.08. The van der Waals surface area contributed by atoms with Gasteiger partial charge in [-0.2, -0.15) is 0 Å².